The average molecular weight is 363 g/mol. The highest BCUT2D eigenvalue weighted by Gasteiger charge is 2.28. The molecule has 6 heteroatoms. The number of aromatic nitrogens is 2. The van der Waals surface area contributed by atoms with E-state index in [0.717, 1.165) is 22.6 Å². The number of benzene rings is 2. The minimum Gasteiger partial charge on any atom is -0.365 e. The third kappa shape index (κ3) is 2.43. The first-order chi connectivity index (χ1) is 12.5. The van der Waals surface area contributed by atoms with Crippen molar-refractivity contribution in [3.8, 4) is 11.8 Å². The van der Waals surface area contributed by atoms with Gasteiger partial charge in [0, 0.05) is 21.8 Å². The van der Waals surface area contributed by atoms with Crippen LogP contribution in [0.5, 0.6) is 0 Å². The lowest BCUT2D eigenvalue weighted by Crippen LogP contribution is -2.09. The zero-order valence-corrected chi connectivity index (χ0v) is 15.0. The molecule has 0 bridgehead atoms. The van der Waals surface area contributed by atoms with E-state index in [1.165, 1.54) is 0 Å². The van der Waals surface area contributed by atoms with E-state index in [0.29, 0.717) is 27.7 Å². The Hall–Kier alpha value is -2.94. The van der Waals surface area contributed by atoms with Crippen molar-refractivity contribution < 1.29 is 5.11 Å². The second-order valence-corrected chi connectivity index (χ2v) is 6.56. The molecule has 1 atom stereocenters. The standard InChI is InChI=1S/C20H15ClN4O/c1-11-12(2)25-17-8-7-13(10-22)9-15(17)18(24-20(26)19(25)23-11)14-5-3-4-6-16(14)21/h3-9,20,26H,1-2H3. The highest BCUT2D eigenvalue weighted by atomic mass is 35.5. The summed E-state index contributed by atoms with van der Waals surface area (Å²) >= 11 is 6.39. The maximum Gasteiger partial charge on any atom is 0.205 e. The number of hydrogen-bond donors (Lipinski definition) is 1. The van der Waals surface area contributed by atoms with Gasteiger partial charge in [-0.25, -0.2) is 9.98 Å². The molecule has 0 radical (unpaired) electrons. The molecule has 2 aromatic carbocycles. The lowest BCUT2D eigenvalue weighted by Gasteiger charge is -2.14. The molecular weight excluding hydrogens is 348 g/mol. The monoisotopic (exact) mass is 362 g/mol. The lowest BCUT2D eigenvalue weighted by atomic mass is 9.98. The summed E-state index contributed by atoms with van der Waals surface area (Å²) in [7, 11) is 0. The van der Waals surface area contributed by atoms with Gasteiger partial charge in [-0.15, -0.1) is 0 Å². The number of aliphatic imine (C=N–C) groups is 1. The van der Waals surface area contributed by atoms with Gasteiger partial charge in [0.05, 0.1) is 28.7 Å². The zero-order valence-electron chi connectivity index (χ0n) is 14.2. The number of halogens is 1. The fraction of sp³-hybridized carbons (Fsp3) is 0.150. The quantitative estimate of drug-likeness (QED) is 0.714. The van der Waals surface area contributed by atoms with Crippen LogP contribution in [0.4, 0.5) is 0 Å². The van der Waals surface area contributed by atoms with Crippen LogP contribution in [0.2, 0.25) is 5.02 Å². The Kier molecular flexibility index (Phi) is 3.87. The molecule has 0 fully saturated rings. The Balaban J connectivity index is 2.09. The second-order valence-electron chi connectivity index (χ2n) is 6.15. The first-order valence-corrected chi connectivity index (χ1v) is 8.50. The predicted octanol–water partition coefficient (Wildman–Crippen LogP) is 3.86. The van der Waals surface area contributed by atoms with Crippen LogP contribution < -0.4 is 0 Å². The first-order valence-electron chi connectivity index (χ1n) is 8.12. The fourth-order valence-corrected chi connectivity index (χ4v) is 3.45. The molecule has 1 aromatic heterocycles. The third-order valence-electron chi connectivity index (χ3n) is 4.60. The van der Waals surface area contributed by atoms with Crippen molar-refractivity contribution in [2.45, 2.75) is 20.1 Å². The fourth-order valence-electron chi connectivity index (χ4n) is 3.22. The minimum absolute atomic E-state index is 0.452. The van der Waals surface area contributed by atoms with Crippen molar-refractivity contribution in [3.63, 3.8) is 0 Å². The van der Waals surface area contributed by atoms with Crippen LogP contribution in [0.15, 0.2) is 47.5 Å². The maximum atomic E-state index is 10.7. The summed E-state index contributed by atoms with van der Waals surface area (Å²) in [5.74, 6) is 0.452. The van der Waals surface area contributed by atoms with E-state index in [2.05, 4.69) is 16.0 Å². The number of fused-ring (bicyclic) bond motifs is 3. The van der Waals surface area contributed by atoms with Gasteiger partial charge in [0.1, 0.15) is 0 Å². The van der Waals surface area contributed by atoms with Crippen LogP contribution in [0.25, 0.3) is 5.69 Å². The molecule has 4 rings (SSSR count). The van der Waals surface area contributed by atoms with Crippen molar-refractivity contribution >= 4 is 17.3 Å². The minimum atomic E-state index is -1.13. The van der Waals surface area contributed by atoms with Crippen LogP contribution in [-0.4, -0.2) is 20.4 Å². The van der Waals surface area contributed by atoms with Crippen molar-refractivity contribution in [1.29, 1.82) is 5.26 Å². The average Bonchev–Trinajstić information content (AvgIpc) is 2.88. The van der Waals surface area contributed by atoms with E-state index in [4.69, 9.17) is 11.6 Å². The molecule has 1 unspecified atom stereocenters. The molecular formula is C20H15ClN4O. The predicted molar refractivity (Wildman–Crippen MR) is 99.8 cm³/mol. The van der Waals surface area contributed by atoms with Crippen LogP contribution in [0, 0.1) is 25.2 Å². The Morgan fingerprint density at radius 3 is 2.65 bits per heavy atom. The highest BCUT2D eigenvalue weighted by molar-refractivity contribution is 6.35. The van der Waals surface area contributed by atoms with Crippen molar-refractivity contribution in [3.05, 3.63) is 81.4 Å². The summed E-state index contributed by atoms with van der Waals surface area (Å²) in [6.45, 7) is 3.84. The number of nitrogens with zero attached hydrogens (tertiary/aromatic N) is 4. The normalized spacial score (nSPS) is 15.5. The Labute approximate surface area is 155 Å². The van der Waals surface area contributed by atoms with Gasteiger partial charge in [0.25, 0.3) is 0 Å². The van der Waals surface area contributed by atoms with Crippen molar-refractivity contribution in [2.75, 3.05) is 0 Å². The van der Waals surface area contributed by atoms with Crippen molar-refractivity contribution in [1.82, 2.24) is 9.55 Å². The number of hydrogen-bond acceptors (Lipinski definition) is 4. The second kappa shape index (κ2) is 6.10. The Bertz CT molecular complexity index is 1110. The molecule has 0 saturated heterocycles. The van der Waals surface area contributed by atoms with E-state index in [1.54, 1.807) is 18.2 Å². The van der Waals surface area contributed by atoms with E-state index < -0.39 is 6.23 Å². The Morgan fingerprint density at radius 1 is 1.15 bits per heavy atom. The van der Waals surface area contributed by atoms with Gasteiger partial charge < -0.3 is 5.11 Å². The lowest BCUT2D eigenvalue weighted by molar-refractivity contribution is 0.177. The first kappa shape index (κ1) is 16.5. The molecule has 0 spiro atoms. The largest absolute Gasteiger partial charge is 0.365 e. The van der Waals surface area contributed by atoms with Crippen molar-refractivity contribution in [2.24, 2.45) is 4.99 Å². The molecule has 0 amide bonds. The van der Waals surface area contributed by atoms with Crippen LogP contribution in [0.1, 0.15) is 40.1 Å². The van der Waals surface area contributed by atoms with E-state index in [9.17, 15) is 10.4 Å². The topological polar surface area (TPSA) is 74.2 Å². The molecule has 2 heterocycles. The number of aliphatic hydroxyl groups excluding tert-OH is 1. The molecule has 5 nitrogen and oxygen atoms in total. The van der Waals surface area contributed by atoms with Gasteiger partial charge in [-0.2, -0.15) is 5.26 Å². The molecule has 128 valence electrons. The maximum absolute atomic E-state index is 10.7. The van der Waals surface area contributed by atoms with Crippen LogP contribution >= 0.6 is 11.6 Å². The van der Waals surface area contributed by atoms with Crippen LogP contribution in [0.3, 0.4) is 0 Å². The molecule has 1 aliphatic rings. The van der Waals surface area contributed by atoms with E-state index in [-0.39, 0.29) is 0 Å². The summed E-state index contributed by atoms with van der Waals surface area (Å²) in [5, 5.41) is 20.6. The summed E-state index contributed by atoms with van der Waals surface area (Å²) < 4.78 is 1.89. The number of nitriles is 1. The van der Waals surface area contributed by atoms with E-state index >= 15 is 0 Å². The number of rotatable bonds is 1. The number of aryl methyl sites for hydroxylation is 1. The van der Waals surface area contributed by atoms with E-state index in [1.807, 2.05) is 42.7 Å². The molecule has 3 aromatic rings. The molecule has 0 aliphatic carbocycles. The smallest absolute Gasteiger partial charge is 0.205 e. The summed E-state index contributed by atoms with van der Waals surface area (Å²) in [6.07, 6.45) is -1.13. The zero-order chi connectivity index (χ0) is 18.4. The van der Waals surface area contributed by atoms with Gasteiger partial charge in [-0.05, 0) is 38.1 Å². The van der Waals surface area contributed by atoms with Gasteiger partial charge in [-0.3, -0.25) is 4.57 Å². The van der Waals surface area contributed by atoms with Gasteiger partial charge in [-0.1, -0.05) is 29.8 Å². The van der Waals surface area contributed by atoms with Gasteiger partial charge in [0.2, 0.25) is 6.23 Å². The Morgan fingerprint density at radius 2 is 1.92 bits per heavy atom. The molecule has 26 heavy (non-hydrogen) atoms. The highest BCUT2D eigenvalue weighted by Crippen LogP contribution is 2.33. The third-order valence-corrected chi connectivity index (χ3v) is 4.93. The summed E-state index contributed by atoms with van der Waals surface area (Å²) in [5.41, 5.74) is 5.03. The molecule has 1 aliphatic heterocycles. The summed E-state index contributed by atoms with van der Waals surface area (Å²) in [4.78, 5) is 9.01. The summed E-state index contributed by atoms with van der Waals surface area (Å²) in [6, 6.07) is 14.9. The number of imidazole rings is 1. The van der Waals surface area contributed by atoms with Gasteiger partial charge >= 0.3 is 0 Å². The van der Waals surface area contributed by atoms with Crippen LogP contribution in [-0.2, 0) is 0 Å². The molecule has 0 saturated carbocycles. The number of aliphatic hydroxyl groups is 1. The molecule has 1 N–H and O–H groups in total. The SMILES string of the molecule is Cc1nc2n(c1C)-c1ccc(C#N)cc1C(c1ccccc1Cl)=NC2O. The van der Waals surface area contributed by atoms with Gasteiger partial charge in [0.15, 0.2) is 5.82 Å².